The second kappa shape index (κ2) is 9.67. The second-order valence-electron chi connectivity index (χ2n) is 12.1. The van der Waals surface area contributed by atoms with Crippen LogP contribution in [0.5, 0.6) is 0 Å². The zero-order chi connectivity index (χ0) is 25.8. The third-order valence-corrected chi connectivity index (χ3v) is 12.0. The molecule has 0 spiro atoms. The predicted molar refractivity (Wildman–Crippen MR) is 133 cm³/mol. The molecule has 4 aliphatic rings. The van der Waals surface area contributed by atoms with Crippen molar-refractivity contribution in [1.82, 2.24) is 0 Å². The monoisotopic (exact) mass is 526 g/mol. The fourth-order valence-corrected chi connectivity index (χ4v) is 10.1. The van der Waals surface area contributed by atoms with E-state index in [0.717, 1.165) is 31.0 Å². The second-order valence-corrected chi connectivity index (χ2v) is 14.8. The maximum atomic E-state index is 13.8. The lowest BCUT2D eigenvalue weighted by Crippen LogP contribution is -2.59. The fourth-order valence-electron chi connectivity index (χ4n) is 8.45. The molecule has 0 bridgehead atoms. The molecule has 35 heavy (non-hydrogen) atoms. The first-order valence-electron chi connectivity index (χ1n) is 12.9. The Balaban J connectivity index is 1.44. The highest BCUT2D eigenvalue weighted by Gasteiger charge is 2.65. The number of carbonyl (C=O) groups is 4. The van der Waals surface area contributed by atoms with Gasteiger partial charge in [0, 0.05) is 49.2 Å². The van der Waals surface area contributed by atoms with Gasteiger partial charge in [0.25, 0.3) is 10.1 Å². The number of ketones is 3. The molecule has 0 aromatic carbocycles. The lowest BCUT2D eigenvalue weighted by atomic mass is 9.45. The van der Waals surface area contributed by atoms with Crippen LogP contribution in [0.1, 0.15) is 78.6 Å². The van der Waals surface area contributed by atoms with Crippen molar-refractivity contribution in [1.29, 1.82) is 0 Å². The summed E-state index contributed by atoms with van der Waals surface area (Å²) < 4.78 is 30.5. The van der Waals surface area contributed by atoms with Crippen molar-refractivity contribution >= 4 is 44.3 Å². The van der Waals surface area contributed by atoms with Gasteiger partial charge in [0.05, 0.1) is 5.75 Å². The van der Waals surface area contributed by atoms with Crippen molar-refractivity contribution in [2.45, 2.75) is 78.6 Å². The number of Topliss-reactive ketones (excluding diaryl/α,β-unsaturated/α-hetero) is 3. The number of fused-ring (bicyclic) bond motifs is 5. The van der Waals surface area contributed by atoms with E-state index in [2.05, 4.69) is 20.8 Å². The van der Waals surface area contributed by atoms with Gasteiger partial charge in [0.2, 0.25) is 0 Å². The molecule has 0 radical (unpaired) electrons. The molecular weight excluding hydrogens is 488 g/mol. The number of thioether (sulfide) groups is 1. The van der Waals surface area contributed by atoms with Gasteiger partial charge in [-0.15, -0.1) is 0 Å². The van der Waals surface area contributed by atoms with Gasteiger partial charge in [0.15, 0.2) is 5.12 Å². The summed E-state index contributed by atoms with van der Waals surface area (Å²) in [5, 5.41) is -0.108. The smallest absolute Gasteiger partial charge is 0.265 e. The van der Waals surface area contributed by atoms with Gasteiger partial charge in [-0.3, -0.25) is 23.7 Å². The molecule has 1 N–H and O–H groups in total. The van der Waals surface area contributed by atoms with E-state index < -0.39 is 21.3 Å². The predicted octanol–water partition coefficient (Wildman–Crippen LogP) is 4.14. The van der Waals surface area contributed by atoms with Gasteiger partial charge < -0.3 is 0 Å². The first-order chi connectivity index (χ1) is 16.3. The molecule has 4 rings (SSSR count). The van der Waals surface area contributed by atoms with Crippen LogP contribution in [0.4, 0.5) is 0 Å². The van der Waals surface area contributed by atoms with Crippen LogP contribution in [0, 0.1) is 46.3 Å². The normalized spacial score (nSPS) is 40.1. The van der Waals surface area contributed by atoms with Gasteiger partial charge in [-0.1, -0.05) is 32.5 Å². The van der Waals surface area contributed by atoms with Crippen LogP contribution in [-0.4, -0.2) is 46.9 Å². The highest BCUT2D eigenvalue weighted by Crippen LogP contribution is 2.65. The van der Waals surface area contributed by atoms with Crippen molar-refractivity contribution in [3.05, 3.63) is 0 Å². The van der Waals surface area contributed by atoms with Gasteiger partial charge in [0.1, 0.15) is 17.3 Å². The summed E-state index contributed by atoms with van der Waals surface area (Å²) in [7, 11) is -4.07. The number of hydrogen-bond acceptors (Lipinski definition) is 7. The van der Waals surface area contributed by atoms with Crippen LogP contribution >= 0.6 is 11.8 Å². The maximum absolute atomic E-state index is 13.8. The van der Waals surface area contributed by atoms with E-state index in [1.807, 2.05) is 0 Å². The summed E-state index contributed by atoms with van der Waals surface area (Å²) in [5.74, 6) is 0.813. The molecule has 4 saturated carbocycles. The van der Waals surface area contributed by atoms with Crippen LogP contribution < -0.4 is 0 Å². The summed E-state index contributed by atoms with van der Waals surface area (Å²) >= 11 is 0.922. The molecule has 0 aromatic heterocycles. The first-order valence-corrected chi connectivity index (χ1v) is 15.5. The van der Waals surface area contributed by atoms with Gasteiger partial charge >= 0.3 is 0 Å². The lowest BCUT2D eigenvalue weighted by Gasteiger charge is -2.57. The summed E-state index contributed by atoms with van der Waals surface area (Å²) in [4.78, 5) is 51.7. The highest BCUT2D eigenvalue weighted by molar-refractivity contribution is 8.14. The van der Waals surface area contributed by atoms with Gasteiger partial charge in [-0.25, -0.2) is 0 Å². The molecule has 8 unspecified atom stereocenters. The minimum atomic E-state index is -4.07. The lowest BCUT2D eigenvalue weighted by molar-refractivity contribution is -0.163. The Labute approximate surface area is 212 Å². The van der Waals surface area contributed by atoms with Gasteiger partial charge in [-0.05, 0) is 60.7 Å². The van der Waals surface area contributed by atoms with E-state index in [1.54, 1.807) is 0 Å². The molecule has 8 atom stereocenters. The molecule has 4 fully saturated rings. The molecule has 0 heterocycles. The molecule has 0 amide bonds. The van der Waals surface area contributed by atoms with E-state index in [0.29, 0.717) is 38.5 Å². The Kier molecular flexibility index (Phi) is 7.46. The summed E-state index contributed by atoms with van der Waals surface area (Å²) in [5.41, 5.74) is -0.865. The van der Waals surface area contributed by atoms with Crippen LogP contribution in [0.3, 0.4) is 0 Å². The van der Waals surface area contributed by atoms with E-state index >= 15 is 0 Å². The van der Waals surface area contributed by atoms with E-state index in [9.17, 15) is 27.6 Å². The topological polar surface area (TPSA) is 123 Å². The Bertz CT molecular complexity index is 1020. The highest BCUT2D eigenvalue weighted by atomic mass is 32.2. The standard InChI is InChI=1S/C26H38O7S2/c1-15(4-9-23(30)34-10-11-35(31,32)33)18-7-8-20-24-17(12-22(29)26(18,20)3)19-6-5-16(27)13-25(19,2)14-21(24)28/h15,17-20,24H,4-14H2,1-3H3,(H,31,32,33). The number of rotatable bonds is 7. The molecular formula is C26H38O7S2. The molecule has 7 nitrogen and oxygen atoms in total. The SMILES string of the molecule is CC(CCC(=O)SCCS(=O)(=O)O)C1CCC2C3C(=O)CC4(C)CC(=O)CCC4C3CC(=O)C12C. The third kappa shape index (κ3) is 5.06. The molecule has 196 valence electrons. The van der Waals surface area contributed by atoms with Crippen molar-refractivity contribution in [3.8, 4) is 0 Å². The average molecular weight is 527 g/mol. The Morgan fingerprint density at radius 1 is 1.11 bits per heavy atom. The van der Waals surface area contributed by atoms with Crippen LogP contribution in [0.25, 0.3) is 0 Å². The maximum Gasteiger partial charge on any atom is 0.265 e. The van der Waals surface area contributed by atoms with Gasteiger partial charge in [-0.2, -0.15) is 8.42 Å². The molecule has 0 saturated heterocycles. The van der Waals surface area contributed by atoms with Crippen LogP contribution in [-0.2, 0) is 29.3 Å². The molecule has 9 heteroatoms. The minimum Gasteiger partial charge on any atom is -0.300 e. The largest absolute Gasteiger partial charge is 0.300 e. The summed E-state index contributed by atoms with van der Waals surface area (Å²) in [6.07, 6.45) is 5.30. The number of hydrogen-bond donors (Lipinski definition) is 1. The quantitative estimate of drug-likeness (QED) is 0.491. The zero-order valence-electron chi connectivity index (χ0n) is 21.0. The van der Waals surface area contributed by atoms with E-state index in [4.69, 9.17) is 4.55 Å². The molecule has 0 aliphatic heterocycles. The average Bonchev–Trinajstić information content (AvgIpc) is 3.09. The van der Waals surface area contributed by atoms with Crippen molar-refractivity contribution in [2.75, 3.05) is 11.5 Å². The number of carbonyl (C=O) groups excluding carboxylic acids is 4. The Morgan fingerprint density at radius 2 is 1.83 bits per heavy atom. The first kappa shape index (κ1) is 27.0. The van der Waals surface area contributed by atoms with Crippen molar-refractivity contribution in [3.63, 3.8) is 0 Å². The van der Waals surface area contributed by atoms with E-state index in [-0.39, 0.29) is 69.1 Å². The van der Waals surface area contributed by atoms with Crippen LogP contribution in [0.15, 0.2) is 0 Å². The van der Waals surface area contributed by atoms with E-state index in [1.165, 1.54) is 0 Å². The zero-order valence-corrected chi connectivity index (χ0v) is 22.6. The fraction of sp³-hybridized carbons (Fsp3) is 0.846. The summed E-state index contributed by atoms with van der Waals surface area (Å²) in [6, 6.07) is 0. The van der Waals surface area contributed by atoms with Crippen molar-refractivity contribution < 1.29 is 32.1 Å². The molecule has 4 aliphatic carbocycles. The third-order valence-electron chi connectivity index (χ3n) is 10.0. The van der Waals surface area contributed by atoms with Crippen LogP contribution in [0.2, 0.25) is 0 Å². The van der Waals surface area contributed by atoms with Crippen molar-refractivity contribution in [2.24, 2.45) is 46.3 Å². The Hall–Kier alpha value is -1.06. The minimum absolute atomic E-state index is 0.0324. The summed E-state index contributed by atoms with van der Waals surface area (Å²) in [6.45, 7) is 6.21. The molecule has 0 aromatic rings. The Morgan fingerprint density at radius 3 is 2.51 bits per heavy atom.